The molecule has 3 aromatic rings. The number of amides is 2. The molecule has 8 heteroatoms. The Labute approximate surface area is 232 Å². The van der Waals surface area contributed by atoms with Crippen LogP contribution in [0.2, 0.25) is 20.1 Å². The second-order valence-corrected chi connectivity index (χ2v) is 10.1. The standard InChI is InChI=1S/C28H28Cl4N2O2/c1-2-3-14-33-28(36)26(15-19-8-5-4-6-9-19)34(18-20-12-13-21(29)16-25(20)32)27(35)17-22-23(30)10-7-11-24(22)31/h4-13,16,26H,2-3,14-15,17-18H2,1H3,(H,33,36)/t26-/m0/s1. The molecule has 0 heterocycles. The Morgan fingerprint density at radius 1 is 0.889 bits per heavy atom. The SMILES string of the molecule is CCCCNC(=O)[C@H](Cc1ccccc1)N(Cc1ccc(Cl)cc1Cl)C(=O)Cc1c(Cl)cccc1Cl. The van der Waals surface area contributed by atoms with Crippen LogP contribution in [0.15, 0.2) is 66.7 Å². The summed E-state index contributed by atoms with van der Waals surface area (Å²) in [7, 11) is 0. The highest BCUT2D eigenvalue weighted by Gasteiger charge is 2.31. The summed E-state index contributed by atoms with van der Waals surface area (Å²) in [6.07, 6.45) is 2.07. The lowest BCUT2D eigenvalue weighted by atomic mass is 10.0. The maximum absolute atomic E-state index is 13.8. The third-order valence-electron chi connectivity index (χ3n) is 5.85. The van der Waals surface area contributed by atoms with Crippen molar-refractivity contribution in [1.82, 2.24) is 10.2 Å². The summed E-state index contributed by atoms with van der Waals surface area (Å²) in [5, 5.41) is 4.69. The van der Waals surface area contributed by atoms with Crippen LogP contribution in [0.3, 0.4) is 0 Å². The Balaban J connectivity index is 2.01. The summed E-state index contributed by atoms with van der Waals surface area (Å²) in [6.45, 7) is 2.70. The Hall–Kier alpha value is -2.24. The van der Waals surface area contributed by atoms with Gasteiger partial charge in [0, 0.05) is 39.6 Å². The van der Waals surface area contributed by atoms with Crippen molar-refractivity contribution >= 4 is 58.2 Å². The van der Waals surface area contributed by atoms with E-state index in [1.54, 1.807) is 41.3 Å². The number of carbonyl (C=O) groups is 2. The van der Waals surface area contributed by atoms with E-state index < -0.39 is 6.04 Å². The van der Waals surface area contributed by atoms with Crippen molar-refractivity contribution in [2.45, 2.75) is 45.2 Å². The van der Waals surface area contributed by atoms with Crippen LogP contribution in [-0.2, 0) is 29.0 Å². The van der Waals surface area contributed by atoms with E-state index in [4.69, 9.17) is 46.4 Å². The minimum atomic E-state index is -0.773. The van der Waals surface area contributed by atoms with Gasteiger partial charge in [0.1, 0.15) is 6.04 Å². The van der Waals surface area contributed by atoms with E-state index in [1.807, 2.05) is 30.3 Å². The number of benzene rings is 3. The second-order valence-electron chi connectivity index (χ2n) is 8.48. The van der Waals surface area contributed by atoms with E-state index in [2.05, 4.69) is 12.2 Å². The number of hydrogen-bond donors (Lipinski definition) is 1. The van der Waals surface area contributed by atoms with E-state index in [0.29, 0.717) is 44.2 Å². The van der Waals surface area contributed by atoms with Gasteiger partial charge in [-0.3, -0.25) is 9.59 Å². The fourth-order valence-electron chi connectivity index (χ4n) is 3.85. The van der Waals surface area contributed by atoms with Crippen molar-refractivity contribution in [3.8, 4) is 0 Å². The number of nitrogens with one attached hydrogen (secondary N) is 1. The molecule has 0 saturated heterocycles. The smallest absolute Gasteiger partial charge is 0.243 e. The monoisotopic (exact) mass is 564 g/mol. The molecule has 0 aromatic heterocycles. The van der Waals surface area contributed by atoms with Gasteiger partial charge in [-0.2, -0.15) is 0 Å². The molecule has 0 aliphatic rings. The van der Waals surface area contributed by atoms with Crippen molar-refractivity contribution in [1.29, 1.82) is 0 Å². The number of halogens is 4. The fraction of sp³-hybridized carbons (Fsp3) is 0.286. The normalized spacial score (nSPS) is 11.7. The molecule has 4 nitrogen and oxygen atoms in total. The van der Waals surface area contributed by atoms with Crippen molar-refractivity contribution in [3.63, 3.8) is 0 Å². The molecule has 3 rings (SSSR count). The fourth-order valence-corrected chi connectivity index (χ4v) is 4.85. The molecule has 0 bridgehead atoms. The average Bonchev–Trinajstić information content (AvgIpc) is 2.85. The number of hydrogen-bond acceptors (Lipinski definition) is 2. The molecule has 0 spiro atoms. The van der Waals surface area contributed by atoms with Crippen molar-refractivity contribution in [2.24, 2.45) is 0 Å². The molecular formula is C28H28Cl4N2O2. The van der Waals surface area contributed by atoms with E-state index in [1.165, 1.54) is 0 Å². The Morgan fingerprint density at radius 2 is 1.58 bits per heavy atom. The first-order valence-corrected chi connectivity index (χ1v) is 13.3. The molecule has 36 heavy (non-hydrogen) atoms. The van der Waals surface area contributed by atoms with Gasteiger partial charge in [0.05, 0.1) is 6.42 Å². The van der Waals surface area contributed by atoms with Gasteiger partial charge in [0.25, 0.3) is 0 Å². The molecule has 0 saturated carbocycles. The molecule has 1 N–H and O–H groups in total. The second kappa shape index (κ2) is 13.9. The molecule has 3 aromatic carbocycles. The van der Waals surface area contributed by atoms with Crippen LogP contribution in [0.25, 0.3) is 0 Å². The van der Waals surface area contributed by atoms with Gasteiger partial charge in [0.2, 0.25) is 11.8 Å². The summed E-state index contributed by atoms with van der Waals surface area (Å²) in [5.41, 5.74) is 2.13. The number of carbonyl (C=O) groups excluding carboxylic acids is 2. The molecule has 1 atom stereocenters. The highest BCUT2D eigenvalue weighted by molar-refractivity contribution is 6.36. The van der Waals surface area contributed by atoms with Crippen LogP contribution in [-0.4, -0.2) is 29.3 Å². The Morgan fingerprint density at radius 3 is 2.22 bits per heavy atom. The van der Waals surface area contributed by atoms with Crippen LogP contribution in [0.1, 0.15) is 36.5 Å². The summed E-state index contributed by atoms with van der Waals surface area (Å²) < 4.78 is 0. The van der Waals surface area contributed by atoms with Crippen LogP contribution in [0.4, 0.5) is 0 Å². The molecule has 190 valence electrons. The first kappa shape index (κ1) is 28.3. The molecule has 0 aliphatic heterocycles. The zero-order chi connectivity index (χ0) is 26.1. The lowest BCUT2D eigenvalue weighted by molar-refractivity contribution is -0.140. The number of nitrogens with zero attached hydrogens (tertiary/aromatic N) is 1. The van der Waals surface area contributed by atoms with E-state index >= 15 is 0 Å². The molecule has 2 amide bonds. The number of unbranched alkanes of at least 4 members (excludes halogenated alkanes) is 1. The first-order chi connectivity index (χ1) is 17.3. The summed E-state index contributed by atoms with van der Waals surface area (Å²) in [5.74, 6) is -0.515. The maximum atomic E-state index is 13.8. The Bertz CT molecular complexity index is 1170. The minimum absolute atomic E-state index is 0.0583. The summed E-state index contributed by atoms with van der Waals surface area (Å²) in [6, 6.07) is 19.0. The number of rotatable bonds is 11. The van der Waals surface area contributed by atoms with Gasteiger partial charge in [0.15, 0.2) is 0 Å². The molecule has 0 unspecified atom stereocenters. The third-order valence-corrected chi connectivity index (χ3v) is 7.14. The summed E-state index contributed by atoms with van der Waals surface area (Å²) >= 11 is 25.3. The van der Waals surface area contributed by atoms with E-state index in [0.717, 1.165) is 18.4 Å². The predicted molar refractivity (Wildman–Crippen MR) is 149 cm³/mol. The van der Waals surface area contributed by atoms with Gasteiger partial charge < -0.3 is 10.2 Å². The maximum Gasteiger partial charge on any atom is 0.243 e. The molecule has 0 radical (unpaired) electrons. The highest BCUT2D eigenvalue weighted by atomic mass is 35.5. The molecule has 0 fully saturated rings. The van der Waals surface area contributed by atoms with Gasteiger partial charge in [-0.05, 0) is 47.4 Å². The average molecular weight is 566 g/mol. The van der Waals surface area contributed by atoms with Crippen molar-refractivity contribution < 1.29 is 9.59 Å². The predicted octanol–water partition coefficient (Wildman–Crippen LogP) is 7.40. The third kappa shape index (κ3) is 7.88. The topological polar surface area (TPSA) is 49.4 Å². The lowest BCUT2D eigenvalue weighted by Crippen LogP contribution is -2.51. The van der Waals surface area contributed by atoms with Gasteiger partial charge in [-0.1, -0.05) is 102 Å². The minimum Gasteiger partial charge on any atom is -0.354 e. The first-order valence-electron chi connectivity index (χ1n) is 11.8. The van der Waals surface area contributed by atoms with Crippen molar-refractivity contribution in [2.75, 3.05) is 6.54 Å². The van der Waals surface area contributed by atoms with E-state index in [9.17, 15) is 9.59 Å². The van der Waals surface area contributed by atoms with Crippen LogP contribution in [0, 0.1) is 0 Å². The Kier molecular flexibility index (Phi) is 10.9. The lowest BCUT2D eigenvalue weighted by Gasteiger charge is -2.32. The van der Waals surface area contributed by atoms with Crippen LogP contribution >= 0.6 is 46.4 Å². The molecular weight excluding hydrogens is 538 g/mol. The summed E-state index contributed by atoms with van der Waals surface area (Å²) in [4.78, 5) is 28.9. The van der Waals surface area contributed by atoms with Gasteiger partial charge in [-0.25, -0.2) is 0 Å². The highest BCUT2D eigenvalue weighted by Crippen LogP contribution is 2.28. The van der Waals surface area contributed by atoms with Crippen LogP contribution < -0.4 is 5.32 Å². The van der Waals surface area contributed by atoms with Gasteiger partial charge >= 0.3 is 0 Å². The van der Waals surface area contributed by atoms with E-state index in [-0.39, 0.29) is 24.8 Å². The largest absolute Gasteiger partial charge is 0.354 e. The van der Waals surface area contributed by atoms with Gasteiger partial charge in [-0.15, -0.1) is 0 Å². The zero-order valence-corrected chi connectivity index (χ0v) is 23.0. The quantitative estimate of drug-likeness (QED) is 0.246. The van der Waals surface area contributed by atoms with Crippen LogP contribution in [0.5, 0.6) is 0 Å². The zero-order valence-electron chi connectivity index (χ0n) is 19.9. The van der Waals surface area contributed by atoms with Crippen molar-refractivity contribution in [3.05, 3.63) is 104 Å². The molecule has 0 aliphatic carbocycles.